The van der Waals surface area contributed by atoms with Crippen molar-refractivity contribution < 1.29 is 0 Å². The summed E-state index contributed by atoms with van der Waals surface area (Å²) in [6.45, 7) is 1.98. The van der Waals surface area contributed by atoms with Gasteiger partial charge < -0.3 is 5.32 Å². The van der Waals surface area contributed by atoms with Crippen LogP contribution >= 0.6 is 15.9 Å². The number of aromatic nitrogens is 1. The summed E-state index contributed by atoms with van der Waals surface area (Å²) in [7, 11) is 0. The van der Waals surface area contributed by atoms with E-state index >= 15 is 0 Å². The van der Waals surface area contributed by atoms with Crippen molar-refractivity contribution in [2.75, 3.05) is 5.32 Å². The first-order valence-electron chi connectivity index (χ1n) is 6.50. The van der Waals surface area contributed by atoms with Gasteiger partial charge in [0.2, 0.25) is 0 Å². The van der Waals surface area contributed by atoms with Gasteiger partial charge in [0, 0.05) is 16.1 Å². The predicted octanol–water partition coefficient (Wildman–Crippen LogP) is 4.92. The number of hydrogen-bond donors (Lipinski definition) is 1. The van der Waals surface area contributed by atoms with E-state index in [0.29, 0.717) is 5.56 Å². The van der Waals surface area contributed by atoms with Gasteiger partial charge in [-0.05, 0) is 46.6 Å². The molecule has 21 heavy (non-hydrogen) atoms. The van der Waals surface area contributed by atoms with Crippen LogP contribution in [0.2, 0.25) is 0 Å². The lowest BCUT2D eigenvalue weighted by Crippen LogP contribution is -1.98. The number of benzene rings is 2. The number of aryl methyl sites for hydroxylation is 1. The SMILES string of the molecule is Cc1cccc(C#N)c1Nc1cccc2cc(Br)cnc12. The van der Waals surface area contributed by atoms with E-state index in [4.69, 9.17) is 0 Å². The van der Waals surface area contributed by atoms with Gasteiger partial charge in [0.05, 0.1) is 22.5 Å². The van der Waals surface area contributed by atoms with E-state index in [2.05, 4.69) is 32.3 Å². The second-order valence-corrected chi connectivity index (χ2v) is 5.68. The number of hydrogen-bond acceptors (Lipinski definition) is 3. The highest BCUT2D eigenvalue weighted by Crippen LogP contribution is 2.29. The zero-order valence-electron chi connectivity index (χ0n) is 11.4. The summed E-state index contributed by atoms with van der Waals surface area (Å²) in [4.78, 5) is 4.47. The van der Waals surface area contributed by atoms with Gasteiger partial charge in [-0.3, -0.25) is 4.98 Å². The molecule has 0 atom stereocenters. The number of halogens is 1. The molecule has 102 valence electrons. The van der Waals surface area contributed by atoms with Gasteiger partial charge in [0.1, 0.15) is 6.07 Å². The average Bonchev–Trinajstić information content (AvgIpc) is 2.49. The minimum Gasteiger partial charge on any atom is -0.352 e. The number of nitriles is 1. The van der Waals surface area contributed by atoms with Crippen LogP contribution in [0.3, 0.4) is 0 Å². The molecule has 0 spiro atoms. The molecule has 2 aromatic carbocycles. The summed E-state index contributed by atoms with van der Waals surface area (Å²) < 4.78 is 0.945. The fourth-order valence-corrected chi connectivity index (χ4v) is 2.65. The highest BCUT2D eigenvalue weighted by Gasteiger charge is 2.08. The highest BCUT2D eigenvalue weighted by molar-refractivity contribution is 9.10. The van der Waals surface area contributed by atoms with Crippen molar-refractivity contribution in [1.29, 1.82) is 5.26 Å². The molecule has 1 heterocycles. The summed E-state index contributed by atoms with van der Waals surface area (Å²) >= 11 is 3.43. The van der Waals surface area contributed by atoms with Crippen LogP contribution in [-0.2, 0) is 0 Å². The van der Waals surface area contributed by atoms with Crippen LogP contribution in [0.15, 0.2) is 53.1 Å². The van der Waals surface area contributed by atoms with Gasteiger partial charge in [0.25, 0.3) is 0 Å². The fraction of sp³-hybridized carbons (Fsp3) is 0.0588. The van der Waals surface area contributed by atoms with Crippen molar-refractivity contribution in [3.63, 3.8) is 0 Å². The minimum absolute atomic E-state index is 0.629. The van der Waals surface area contributed by atoms with Gasteiger partial charge in [-0.1, -0.05) is 24.3 Å². The minimum atomic E-state index is 0.629. The number of nitrogens with one attached hydrogen (secondary N) is 1. The molecule has 0 fully saturated rings. The molecule has 0 bridgehead atoms. The standard InChI is InChI=1S/C17H12BrN3/c1-11-4-2-6-13(9-19)16(11)21-15-7-3-5-12-8-14(18)10-20-17(12)15/h2-8,10,21H,1H3. The molecule has 3 rings (SSSR count). The number of pyridine rings is 1. The molecule has 0 radical (unpaired) electrons. The summed E-state index contributed by atoms with van der Waals surface area (Å²) in [6.07, 6.45) is 1.77. The second-order valence-electron chi connectivity index (χ2n) is 4.77. The molecular formula is C17H12BrN3. The van der Waals surface area contributed by atoms with E-state index < -0.39 is 0 Å². The Kier molecular flexibility index (Phi) is 3.59. The Morgan fingerprint density at radius 2 is 2.00 bits per heavy atom. The quantitative estimate of drug-likeness (QED) is 0.721. The fourth-order valence-electron chi connectivity index (χ4n) is 2.30. The molecule has 1 N–H and O–H groups in total. The van der Waals surface area contributed by atoms with Crippen molar-refractivity contribution >= 4 is 38.2 Å². The topological polar surface area (TPSA) is 48.7 Å². The molecule has 0 unspecified atom stereocenters. The van der Waals surface area contributed by atoms with Crippen LogP contribution in [0.4, 0.5) is 11.4 Å². The number of rotatable bonds is 2. The maximum Gasteiger partial charge on any atom is 0.101 e. The van der Waals surface area contributed by atoms with Crippen molar-refractivity contribution in [2.24, 2.45) is 0 Å². The monoisotopic (exact) mass is 337 g/mol. The largest absolute Gasteiger partial charge is 0.352 e. The third-order valence-electron chi connectivity index (χ3n) is 3.33. The number of para-hydroxylation sites is 2. The van der Waals surface area contributed by atoms with E-state index in [1.165, 1.54) is 0 Å². The van der Waals surface area contributed by atoms with Crippen molar-refractivity contribution in [3.05, 3.63) is 64.3 Å². The molecule has 0 aliphatic carbocycles. The molecule has 0 aliphatic rings. The first-order valence-corrected chi connectivity index (χ1v) is 7.29. The van der Waals surface area contributed by atoms with E-state index in [1.807, 2.05) is 49.4 Å². The van der Waals surface area contributed by atoms with Crippen molar-refractivity contribution in [1.82, 2.24) is 4.98 Å². The summed E-state index contributed by atoms with van der Waals surface area (Å²) in [5, 5.41) is 13.7. The van der Waals surface area contributed by atoms with Crippen LogP contribution < -0.4 is 5.32 Å². The van der Waals surface area contributed by atoms with Crippen LogP contribution in [0.1, 0.15) is 11.1 Å². The van der Waals surface area contributed by atoms with Gasteiger partial charge in [0.15, 0.2) is 0 Å². The molecule has 3 nitrogen and oxygen atoms in total. The predicted molar refractivity (Wildman–Crippen MR) is 88.6 cm³/mol. The normalized spacial score (nSPS) is 10.3. The van der Waals surface area contributed by atoms with Gasteiger partial charge in [-0.15, -0.1) is 0 Å². The molecular weight excluding hydrogens is 326 g/mol. The molecule has 3 aromatic rings. The van der Waals surface area contributed by atoms with Crippen LogP contribution in [0.25, 0.3) is 10.9 Å². The van der Waals surface area contributed by atoms with E-state index in [9.17, 15) is 5.26 Å². The van der Waals surface area contributed by atoms with Crippen molar-refractivity contribution in [2.45, 2.75) is 6.92 Å². The van der Waals surface area contributed by atoms with Gasteiger partial charge in [-0.25, -0.2) is 0 Å². The molecule has 0 saturated carbocycles. The molecule has 1 aromatic heterocycles. The third kappa shape index (κ3) is 2.61. The van der Waals surface area contributed by atoms with Crippen LogP contribution in [0.5, 0.6) is 0 Å². The Balaban J connectivity index is 2.13. The van der Waals surface area contributed by atoms with E-state index in [1.54, 1.807) is 6.20 Å². The zero-order chi connectivity index (χ0) is 14.8. The first-order chi connectivity index (χ1) is 10.2. The number of nitrogens with zero attached hydrogens (tertiary/aromatic N) is 2. The summed E-state index contributed by atoms with van der Waals surface area (Å²) in [6, 6.07) is 15.9. The van der Waals surface area contributed by atoms with Gasteiger partial charge in [-0.2, -0.15) is 5.26 Å². The van der Waals surface area contributed by atoms with Crippen LogP contribution in [0, 0.1) is 18.3 Å². The van der Waals surface area contributed by atoms with Crippen molar-refractivity contribution in [3.8, 4) is 6.07 Å². The maximum absolute atomic E-state index is 9.26. The van der Waals surface area contributed by atoms with Crippen LogP contribution in [-0.4, -0.2) is 4.98 Å². The number of fused-ring (bicyclic) bond motifs is 1. The summed E-state index contributed by atoms with van der Waals surface area (Å²) in [5.74, 6) is 0. The molecule has 0 amide bonds. The third-order valence-corrected chi connectivity index (χ3v) is 3.76. The van der Waals surface area contributed by atoms with E-state index in [-0.39, 0.29) is 0 Å². The smallest absolute Gasteiger partial charge is 0.101 e. The summed E-state index contributed by atoms with van der Waals surface area (Å²) in [5.41, 5.74) is 4.27. The zero-order valence-corrected chi connectivity index (χ0v) is 13.0. The molecule has 4 heteroatoms. The lowest BCUT2D eigenvalue weighted by atomic mass is 10.1. The lowest BCUT2D eigenvalue weighted by Gasteiger charge is -2.13. The number of anilines is 2. The Bertz CT molecular complexity index is 866. The Morgan fingerprint density at radius 1 is 1.19 bits per heavy atom. The Hall–Kier alpha value is -2.38. The van der Waals surface area contributed by atoms with Gasteiger partial charge >= 0.3 is 0 Å². The lowest BCUT2D eigenvalue weighted by molar-refractivity contribution is 1.36. The highest BCUT2D eigenvalue weighted by atomic mass is 79.9. The maximum atomic E-state index is 9.26. The first kappa shape index (κ1) is 13.6. The molecule has 0 saturated heterocycles. The Morgan fingerprint density at radius 3 is 2.81 bits per heavy atom. The average molecular weight is 338 g/mol. The Labute approximate surface area is 131 Å². The second kappa shape index (κ2) is 5.55. The van der Waals surface area contributed by atoms with E-state index in [0.717, 1.165) is 32.3 Å². The molecule has 0 aliphatic heterocycles.